The Morgan fingerprint density at radius 3 is 2.65 bits per heavy atom. The van der Waals surface area contributed by atoms with Crippen LogP contribution in [0.4, 0.5) is 5.13 Å². The van der Waals surface area contributed by atoms with Crippen LogP contribution >= 0.6 is 11.3 Å². The van der Waals surface area contributed by atoms with Crippen molar-refractivity contribution in [3.8, 4) is 12.8 Å². The van der Waals surface area contributed by atoms with Gasteiger partial charge in [-0.25, -0.2) is 4.98 Å². The van der Waals surface area contributed by atoms with E-state index in [1.54, 1.807) is 11.3 Å². The van der Waals surface area contributed by atoms with E-state index in [4.69, 9.17) is 5.73 Å². The number of benzene rings is 1. The molecule has 1 aromatic heterocycles. The van der Waals surface area contributed by atoms with Crippen molar-refractivity contribution >= 4 is 26.7 Å². The zero-order valence-corrected chi connectivity index (χ0v) is 10.6. The lowest BCUT2D eigenvalue weighted by Crippen LogP contribution is -2.24. The van der Waals surface area contributed by atoms with E-state index in [9.17, 15) is 0 Å². The van der Waals surface area contributed by atoms with Gasteiger partial charge < -0.3 is 11.1 Å². The molecule has 1 atom stereocenters. The fourth-order valence-corrected chi connectivity index (χ4v) is 3.04. The molecular weight excluding hydrogens is 230 g/mol. The summed E-state index contributed by atoms with van der Waals surface area (Å²) in [7, 11) is 2.02. The van der Waals surface area contributed by atoms with Crippen molar-refractivity contribution in [3.63, 3.8) is 0 Å². The van der Waals surface area contributed by atoms with Crippen LogP contribution in [0.5, 0.6) is 0 Å². The molecule has 0 spiro atoms. The molecule has 88 valence electrons. The van der Waals surface area contributed by atoms with Crippen LogP contribution in [0.25, 0.3) is 10.2 Å². The summed E-state index contributed by atoms with van der Waals surface area (Å²) in [4.78, 5) is 4.32. The molecule has 1 heterocycles. The second-order valence-corrected chi connectivity index (χ2v) is 5.10. The molecule has 1 aliphatic rings. The summed E-state index contributed by atoms with van der Waals surface area (Å²) < 4.78 is 1.21. The maximum absolute atomic E-state index is 5.70. The Hall–Kier alpha value is -1.57. The normalized spacial score (nSPS) is 17.5. The fourth-order valence-electron chi connectivity index (χ4n) is 2.26. The minimum Gasteiger partial charge on any atom is -0.375 e. The maximum atomic E-state index is 5.70. The molecule has 3 rings (SSSR count). The molecule has 3 nitrogen and oxygen atoms in total. The number of hydrogen-bond donors (Lipinski definition) is 2. The Labute approximate surface area is 105 Å². The first kappa shape index (κ1) is 11.9. The standard InChI is InChI=1S/C11H13N3S.C2H2/c1-13-8-2-6-4-9-10(5-7(6)3-8)15-11(12)14-9;1-2/h4-5,8,13H,2-3H2,1H3,(H2,12,14);1-2H/t8-;/m1./s1. The maximum Gasteiger partial charge on any atom is 0.181 e. The summed E-state index contributed by atoms with van der Waals surface area (Å²) in [5.74, 6) is 0. The lowest BCUT2D eigenvalue weighted by Gasteiger charge is -2.04. The molecule has 0 radical (unpaired) electrons. The van der Waals surface area contributed by atoms with Gasteiger partial charge in [0, 0.05) is 6.04 Å². The zero-order valence-electron chi connectivity index (χ0n) is 9.73. The van der Waals surface area contributed by atoms with Crippen molar-refractivity contribution in [1.29, 1.82) is 0 Å². The van der Waals surface area contributed by atoms with E-state index in [1.807, 2.05) is 7.05 Å². The summed E-state index contributed by atoms with van der Waals surface area (Å²) in [5, 5.41) is 3.99. The number of likely N-dealkylation sites (N-methyl/N-ethyl adjacent to an activating group) is 1. The van der Waals surface area contributed by atoms with E-state index in [-0.39, 0.29) is 0 Å². The van der Waals surface area contributed by atoms with Crippen molar-refractivity contribution in [2.75, 3.05) is 12.8 Å². The summed E-state index contributed by atoms with van der Waals surface area (Å²) in [6.45, 7) is 0. The quantitative estimate of drug-likeness (QED) is 0.753. The summed E-state index contributed by atoms with van der Waals surface area (Å²) in [6.07, 6.45) is 10.2. The first-order chi connectivity index (χ1) is 8.26. The monoisotopic (exact) mass is 245 g/mol. The highest BCUT2D eigenvalue weighted by Crippen LogP contribution is 2.31. The second kappa shape index (κ2) is 4.74. The Bertz CT molecular complexity index is 513. The lowest BCUT2D eigenvalue weighted by molar-refractivity contribution is 0.593. The van der Waals surface area contributed by atoms with Crippen LogP contribution in [0.1, 0.15) is 11.1 Å². The smallest absolute Gasteiger partial charge is 0.181 e. The predicted molar refractivity (Wildman–Crippen MR) is 74.2 cm³/mol. The first-order valence-corrected chi connectivity index (χ1v) is 6.26. The van der Waals surface area contributed by atoms with Crippen molar-refractivity contribution in [1.82, 2.24) is 10.3 Å². The molecule has 0 saturated heterocycles. The van der Waals surface area contributed by atoms with E-state index in [2.05, 4.69) is 35.3 Å². The van der Waals surface area contributed by atoms with E-state index in [0.29, 0.717) is 11.2 Å². The van der Waals surface area contributed by atoms with Gasteiger partial charge in [-0.05, 0) is 43.1 Å². The molecule has 3 N–H and O–H groups in total. The number of thiazole rings is 1. The molecule has 1 aromatic carbocycles. The number of terminal acetylenes is 1. The minimum atomic E-state index is 0.592. The number of hydrogen-bond acceptors (Lipinski definition) is 4. The average molecular weight is 245 g/mol. The fraction of sp³-hybridized carbons (Fsp3) is 0.308. The third-order valence-corrected chi connectivity index (χ3v) is 3.91. The van der Waals surface area contributed by atoms with Gasteiger partial charge in [0.25, 0.3) is 0 Å². The van der Waals surface area contributed by atoms with Crippen LogP contribution < -0.4 is 11.1 Å². The molecule has 1 aliphatic carbocycles. The number of nitrogen functional groups attached to an aromatic ring is 1. The Morgan fingerprint density at radius 2 is 2.00 bits per heavy atom. The molecule has 0 fully saturated rings. The molecule has 0 saturated carbocycles. The summed E-state index contributed by atoms with van der Waals surface area (Å²) in [5.41, 5.74) is 9.62. The Kier molecular flexibility index (Phi) is 3.32. The van der Waals surface area contributed by atoms with Gasteiger partial charge in [-0.3, -0.25) is 0 Å². The SMILES string of the molecule is C#C.CN[C@@H]1Cc2cc3nc(N)sc3cc2C1. The topological polar surface area (TPSA) is 50.9 Å². The largest absolute Gasteiger partial charge is 0.375 e. The van der Waals surface area contributed by atoms with E-state index < -0.39 is 0 Å². The van der Waals surface area contributed by atoms with E-state index >= 15 is 0 Å². The third-order valence-electron chi connectivity index (χ3n) is 3.07. The van der Waals surface area contributed by atoms with Crippen molar-refractivity contribution in [2.24, 2.45) is 0 Å². The zero-order chi connectivity index (χ0) is 12.4. The van der Waals surface area contributed by atoms with Crippen molar-refractivity contribution < 1.29 is 0 Å². The average Bonchev–Trinajstić information content (AvgIpc) is 2.89. The molecule has 17 heavy (non-hydrogen) atoms. The van der Waals surface area contributed by atoms with Crippen LogP contribution in [0, 0.1) is 12.8 Å². The molecule has 0 unspecified atom stereocenters. The van der Waals surface area contributed by atoms with Gasteiger partial charge in [0.1, 0.15) is 0 Å². The molecular formula is C13H15N3S. The molecule has 0 bridgehead atoms. The van der Waals surface area contributed by atoms with E-state index in [1.165, 1.54) is 15.8 Å². The first-order valence-electron chi connectivity index (χ1n) is 5.44. The van der Waals surface area contributed by atoms with Crippen LogP contribution in [0.2, 0.25) is 0 Å². The van der Waals surface area contributed by atoms with Gasteiger partial charge in [0.05, 0.1) is 10.2 Å². The number of anilines is 1. The molecule has 0 amide bonds. The number of fused-ring (bicyclic) bond motifs is 2. The van der Waals surface area contributed by atoms with Gasteiger partial charge in [0.15, 0.2) is 5.13 Å². The van der Waals surface area contributed by atoms with E-state index in [0.717, 1.165) is 18.4 Å². The number of aromatic nitrogens is 1. The number of nitrogens with zero attached hydrogens (tertiary/aromatic N) is 1. The van der Waals surface area contributed by atoms with Gasteiger partial charge in [-0.15, -0.1) is 12.8 Å². The summed E-state index contributed by atoms with van der Waals surface area (Å²) >= 11 is 1.57. The number of nitrogens with two attached hydrogens (primary N) is 1. The Balaban J connectivity index is 0.000000514. The van der Waals surface area contributed by atoms with Gasteiger partial charge in [0.2, 0.25) is 0 Å². The van der Waals surface area contributed by atoms with Crippen LogP contribution in [-0.2, 0) is 12.8 Å². The second-order valence-electron chi connectivity index (χ2n) is 4.03. The van der Waals surface area contributed by atoms with Crippen LogP contribution in [-0.4, -0.2) is 18.1 Å². The molecule has 4 heteroatoms. The van der Waals surface area contributed by atoms with Crippen LogP contribution in [0.3, 0.4) is 0 Å². The van der Waals surface area contributed by atoms with Crippen molar-refractivity contribution in [3.05, 3.63) is 23.3 Å². The highest BCUT2D eigenvalue weighted by molar-refractivity contribution is 7.22. The number of rotatable bonds is 1. The van der Waals surface area contributed by atoms with Gasteiger partial charge >= 0.3 is 0 Å². The molecule has 2 aromatic rings. The molecule has 0 aliphatic heterocycles. The highest BCUT2D eigenvalue weighted by Gasteiger charge is 2.21. The van der Waals surface area contributed by atoms with Crippen LogP contribution in [0.15, 0.2) is 12.1 Å². The summed E-state index contributed by atoms with van der Waals surface area (Å²) in [6, 6.07) is 5.03. The minimum absolute atomic E-state index is 0.592. The third kappa shape index (κ3) is 2.12. The highest BCUT2D eigenvalue weighted by atomic mass is 32.1. The van der Waals surface area contributed by atoms with Gasteiger partial charge in [-0.1, -0.05) is 11.3 Å². The van der Waals surface area contributed by atoms with Crippen molar-refractivity contribution in [2.45, 2.75) is 18.9 Å². The predicted octanol–water partition coefficient (Wildman–Crippen LogP) is 1.81. The Morgan fingerprint density at radius 1 is 1.35 bits per heavy atom. The van der Waals surface area contributed by atoms with Gasteiger partial charge in [-0.2, -0.15) is 0 Å². The number of nitrogens with one attached hydrogen (secondary N) is 1. The lowest BCUT2D eigenvalue weighted by atomic mass is 10.1.